The highest BCUT2D eigenvalue weighted by molar-refractivity contribution is 5.14. The van der Waals surface area contributed by atoms with Gasteiger partial charge in [-0.1, -0.05) is 11.1 Å². The highest BCUT2D eigenvalue weighted by atomic mass is 14.5. The van der Waals surface area contributed by atoms with Crippen LogP contribution in [0.25, 0.3) is 0 Å². The molecule has 0 heterocycles. The van der Waals surface area contributed by atoms with Crippen LogP contribution in [-0.2, 0) is 0 Å². The van der Waals surface area contributed by atoms with Gasteiger partial charge in [0.1, 0.15) is 0 Å². The Bertz CT molecular complexity index is 136. The molecular formula is C8H14N2. The summed E-state index contributed by atoms with van der Waals surface area (Å²) in [6.07, 6.45) is 7.85. The van der Waals surface area contributed by atoms with Gasteiger partial charge in [0.15, 0.2) is 0 Å². The molecule has 0 saturated heterocycles. The smallest absolute Gasteiger partial charge is 0.00702 e. The van der Waals surface area contributed by atoms with Crippen LogP contribution in [0.2, 0.25) is 0 Å². The molecule has 0 amide bonds. The lowest BCUT2D eigenvalue weighted by molar-refractivity contribution is 0.722. The minimum absolute atomic E-state index is 1.10. The van der Waals surface area contributed by atoms with Crippen molar-refractivity contribution in [1.82, 2.24) is 0 Å². The minimum atomic E-state index is 1.10. The second-order valence-electron chi connectivity index (χ2n) is 2.65. The molecule has 4 N–H and O–H groups in total. The molecule has 2 nitrogen and oxygen atoms in total. The predicted molar refractivity (Wildman–Crippen MR) is 43.0 cm³/mol. The first-order valence-electron chi connectivity index (χ1n) is 3.66. The van der Waals surface area contributed by atoms with E-state index in [9.17, 15) is 0 Å². The van der Waals surface area contributed by atoms with Gasteiger partial charge < -0.3 is 11.5 Å². The number of nitrogens with two attached hydrogens (primary N) is 2. The van der Waals surface area contributed by atoms with E-state index in [0.717, 1.165) is 25.7 Å². The number of hydrogen-bond donors (Lipinski definition) is 2. The Labute approximate surface area is 61.6 Å². The zero-order valence-electron chi connectivity index (χ0n) is 6.14. The van der Waals surface area contributed by atoms with E-state index in [1.54, 1.807) is 12.4 Å². The fourth-order valence-electron chi connectivity index (χ4n) is 1.23. The lowest BCUT2D eigenvalue weighted by atomic mass is 9.92. The first-order valence-corrected chi connectivity index (χ1v) is 3.66. The van der Waals surface area contributed by atoms with Crippen LogP contribution in [0.4, 0.5) is 0 Å². The topological polar surface area (TPSA) is 52.0 Å². The third-order valence-electron chi connectivity index (χ3n) is 2.01. The van der Waals surface area contributed by atoms with E-state index in [4.69, 9.17) is 11.5 Å². The largest absolute Gasteiger partial charge is 0.405 e. The van der Waals surface area contributed by atoms with E-state index in [-0.39, 0.29) is 0 Å². The van der Waals surface area contributed by atoms with Crippen molar-refractivity contribution in [2.75, 3.05) is 0 Å². The second-order valence-corrected chi connectivity index (χ2v) is 2.65. The van der Waals surface area contributed by atoms with Gasteiger partial charge in [-0.2, -0.15) is 0 Å². The van der Waals surface area contributed by atoms with Crippen molar-refractivity contribution >= 4 is 0 Å². The van der Waals surface area contributed by atoms with E-state index in [2.05, 4.69) is 0 Å². The highest BCUT2D eigenvalue weighted by Gasteiger charge is 2.07. The SMILES string of the molecule is NC=C1CCC(=CN)CC1. The molecule has 0 unspecified atom stereocenters. The standard InChI is InChI=1S/C8H14N2/c9-5-7-1-2-8(6-10)4-3-7/h5-6H,1-4,9-10H2. The Kier molecular flexibility index (Phi) is 2.37. The zero-order valence-corrected chi connectivity index (χ0v) is 6.14. The van der Waals surface area contributed by atoms with Crippen LogP contribution in [0.1, 0.15) is 25.7 Å². The van der Waals surface area contributed by atoms with Crippen molar-refractivity contribution in [3.63, 3.8) is 0 Å². The Balaban J connectivity index is 2.46. The third-order valence-corrected chi connectivity index (χ3v) is 2.01. The zero-order chi connectivity index (χ0) is 7.40. The van der Waals surface area contributed by atoms with Crippen LogP contribution in [-0.4, -0.2) is 0 Å². The maximum Gasteiger partial charge on any atom is -0.00702 e. The average Bonchev–Trinajstić information content (AvgIpc) is 2.05. The van der Waals surface area contributed by atoms with Crippen LogP contribution in [0, 0.1) is 0 Å². The molecule has 0 bridgehead atoms. The van der Waals surface area contributed by atoms with Crippen molar-refractivity contribution in [1.29, 1.82) is 0 Å². The molecule has 0 aliphatic heterocycles. The Morgan fingerprint density at radius 2 is 1.10 bits per heavy atom. The van der Waals surface area contributed by atoms with Crippen molar-refractivity contribution in [2.45, 2.75) is 25.7 Å². The van der Waals surface area contributed by atoms with E-state index >= 15 is 0 Å². The molecule has 1 aliphatic carbocycles. The normalized spacial score (nSPS) is 18.8. The van der Waals surface area contributed by atoms with Gasteiger partial charge in [0.25, 0.3) is 0 Å². The number of hydrogen-bond acceptors (Lipinski definition) is 2. The summed E-state index contributed by atoms with van der Waals surface area (Å²) in [5, 5.41) is 0. The molecule has 1 rings (SSSR count). The predicted octanol–water partition coefficient (Wildman–Crippen LogP) is 1.25. The summed E-state index contributed by atoms with van der Waals surface area (Å²) < 4.78 is 0. The molecule has 0 spiro atoms. The fourth-order valence-corrected chi connectivity index (χ4v) is 1.23. The van der Waals surface area contributed by atoms with Gasteiger partial charge >= 0.3 is 0 Å². The molecule has 0 radical (unpaired) electrons. The Morgan fingerprint density at radius 3 is 1.30 bits per heavy atom. The van der Waals surface area contributed by atoms with Gasteiger partial charge in [-0.05, 0) is 38.1 Å². The third kappa shape index (κ3) is 1.53. The summed E-state index contributed by atoms with van der Waals surface area (Å²) in [5.74, 6) is 0. The molecule has 56 valence electrons. The number of allylic oxidation sites excluding steroid dienone is 2. The summed E-state index contributed by atoms with van der Waals surface area (Å²) in [7, 11) is 0. The number of rotatable bonds is 0. The lowest BCUT2D eigenvalue weighted by Crippen LogP contribution is -2.01. The Hall–Kier alpha value is -0.920. The molecule has 0 atom stereocenters. The monoisotopic (exact) mass is 138 g/mol. The van der Waals surface area contributed by atoms with Crippen LogP contribution >= 0.6 is 0 Å². The van der Waals surface area contributed by atoms with Crippen LogP contribution in [0.3, 0.4) is 0 Å². The first-order chi connectivity index (χ1) is 4.86. The molecule has 0 aromatic carbocycles. The van der Waals surface area contributed by atoms with Gasteiger partial charge in [-0.15, -0.1) is 0 Å². The van der Waals surface area contributed by atoms with Crippen molar-refractivity contribution in [3.05, 3.63) is 23.5 Å². The molecule has 2 heteroatoms. The Morgan fingerprint density at radius 1 is 0.800 bits per heavy atom. The summed E-state index contributed by atoms with van der Waals surface area (Å²) in [5.41, 5.74) is 13.5. The summed E-state index contributed by atoms with van der Waals surface area (Å²) in [6, 6.07) is 0. The first kappa shape index (κ1) is 7.19. The maximum absolute atomic E-state index is 5.38. The fraction of sp³-hybridized carbons (Fsp3) is 0.500. The minimum Gasteiger partial charge on any atom is -0.405 e. The van der Waals surface area contributed by atoms with Gasteiger partial charge in [0.2, 0.25) is 0 Å². The summed E-state index contributed by atoms with van der Waals surface area (Å²) in [4.78, 5) is 0. The summed E-state index contributed by atoms with van der Waals surface area (Å²) >= 11 is 0. The van der Waals surface area contributed by atoms with Gasteiger partial charge in [-0.3, -0.25) is 0 Å². The maximum atomic E-state index is 5.38. The van der Waals surface area contributed by atoms with Crippen molar-refractivity contribution < 1.29 is 0 Å². The van der Waals surface area contributed by atoms with Crippen molar-refractivity contribution in [2.24, 2.45) is 11.5 Å². The van der Waals surface area contributed by atoms with Gasteiger partial charge in [0.05, 0.1) is 0 Å². The van der Waals surface area contributed by atoms with Gasteiger partial charge in [-0.25, -0.2) is 0 Å². The summed E-state index contributed by atoms with van der Waals surface area (Å²) in [6.45, 7) is 0. The lowest BCUT2D eigenvalue weighted by Gasteiger charge is -2.15. The molecule has 1 aliphatic rings. The van der Waals surface area contributed by atoms with E-state index in [1.165, 1.54) is 11.1 Å². The van der Waals surface area contributed by atoms with Crippen molar-refractivity contribution in [3.8, 4) is 0 Å². The van der Waals surface area contributed by atoms with E-state index < -0.39 is 0 Å². The molecule has 1 saturated carbocycles. The molecule has 0 aromatic heterocycles. The van der Waals surface area contributed by atoms with Gasteiger partial charge in [0, 0.05) is 0 Å². The van der Waals surface area contributed by atoms with E-state index in [1.807, 2.05) is 0 Å². The molecule has 0 aromatic rings. The quantitative estimate of drug-likeness (QED) is 0.529. The van der Waals surface area contributed by atoms with Crippen LogP contribution in [0.5, 0.6) is 0 Å². The van der Waals surface area contributed by atoms with E-state index in [0.29, 0.717) is 0 Å². The highest BCUT2D eigenvalue weighted by Crippen LogP contribution is 2.25. The molecule has 1 fully saturated rings. The molecular weight excluding hydrogens is 124 g/mol. The molecule has 10 heavy (non-hydrogen) atoms. The average molecular weight is 138 g/mol. The van der Waals surface area contributed by atoms with Crippen LogP contribution in [0.15, 0.2) is 23.5 Å². The van der Waals surface area contributed by atoms with Crippen LogP contribution < -0.4 is 11.5 Å². The second kappa shape index (κ2) is 3.30.